The Morgan fingerprint density at radius 1 is 1.35 bits per heavy atom. The number of anilines is 1. The van der Waals surface area contributed by atoms with Crippen molar-refractivity contribution in [3.63, 3.8) is 0 Å². The van der Waals surface area contributed by atoms with Crippen molar-refractivity contribution in [1.29, 1.82) is 0 Å². The molecule has 0 fully saturated rings. The zero-order chi connectivity index (χ0) is 14.7. The molecule has 1 amide bonds. The van der Waals surface area contributed by atoms with E-state index in [1.807, 2.05) is 0 Å². The van der Waals surface area contributed by atoms with E-state index in [1.54, 1.807) is 19.9 Å². The molecule has 20 heavy (non-hydrogen) atoms. The second kappa shape index (κ2) is 6.04. The topological polar surface area (TPSA) is 55.1 Å². The number of carbonyl (C=O) groups excluding carboxylic acids is 1. The van der Waals surface area contributed by atoms with Crippen LogP contribution in [0.4, 0.5) is 14.7 Å². The number of hydrogen-bond acceptors (Lipinski definition) is 4. The highest BCUT2D eigenvalue weighted by Crippen LogP contribution is 2.25. The summed E-state index contributed by atoms with van der Waals surface area (Å²) in [4.78, 5) is 12.4. The van der Waals surface area contributed by atoms with E-state index in [0.29, 0.717) is 10.6 Å². The maximum atomic E-state index is 13.1. The van der Waals surface area contributed by atoms with Gasteiger partial charge in [0.05, 0.1) is 10.9 Å². The Morgan fingerprint density at radius 2 is 2.10 bits per heavy atom. The van der Waals surface area contributed by atoms with E-state index in [1.165, 1.54) is 6.07 Å². The average Bonchev–Trinajstić information content (AvgIpc) is 2.79. The SMILES string of the molecule is Cc1cc(NC(=O)C(C)Sc2ccc(F)c(F)c2)on1. The zero-order valence-corrected chi connectivity index (χ0v) is 11.6. The van der Waals surface area contributed by atoms with Gasteiger partial charge in [0.15, 0.2) is 11.6 Å². The number of nitrogens with zero attached hydrogens (tertiary/aromatic N) is 1. The quantitative estimate of drug-likeness (QED) is 0.879. The first-order valence-corrected chi connectivity index (χ1v) is 6.69. The molecule has 0 spiro atoms. The Labute approximate surface area is 118 Å². The van der Waals surface area contributed by atoms with Crippen LogP contribution in [0.2, 0.25) is 0 Å². The minimum absolute atomic E-state index is 0.255. The molecule has 106 valence electrons. The molecule has 1 heterocycles. The maximum absolute atomic E-state index is 13.1. The van der Waals surface area contributed by atoms with Crippen LogP contribution in [0, 0.1) is 18.6 Å². The lowest BCUT2D eigenvalue weighted by Gasteiger charge is -2.10. The third kappa shape index (κ3) is 3.57. The maximum Gasteiger partial charge on any atom is 0.239 e. The molecule has 1 aromatic heterocycles. The molecule has 0 radical (unpaired) electrons. The van der Waals surface area contributed by atoms with Crippen LogP contribution in [0.5, 0.6) is 0 Å². The summed E-state index contributed by atoms with van der Waals surface area (Å²) in [5, 5.41) is 5.70. The van der Waals surface area contributed by atoms with Crippen molar-refractivity contribution >= 4 is 23.6 Å². The van der Waals surface area contributed by atoms with E-state index in [4.69, 9.17) is 4.52 Å². The number of benzene rings is 1. The van der Waals surface area contributed by atoms with Gasteiger partial charge in [-0.3, -0.25) is 10.1 Å². The summed E-state index contributed by atoms with van der Waals surface area (Å²) in [5.74, 6) is -1.90. The van der Waals surface area contributed by atoms with Crippen LogP contribution >= 0.6 is 11.8 Å². The van der Waals surface area contributed by atoms with Crippen LogP contribution in [-0.4, -0.2) is 16.3 Å². The highest BCUT2D eigenvalue weighted by atomic mass is 32.2. The van der Waals surface area contributed by atoms with Gasteiger partial charge in [0.2, 0.25) is 11.8 Å². The van der Waals surface area contributed by atoms with E-state index in [0.717, 1.165) is 23.9 Å². The number of hydrogen-bond donors (Lipinski definition) is 1. The lowest BCUT2D eigenvalue weighted by Crippen LogP contribution is -2.22. The molecule has 4 nitrogen and oxygen atoms in total. The first kappa shape index (κ1) is 14.5. The number of aromatic nitrogens is 1. The van der Waals surface area contributed by atoms with Crippen molar-refractivity contribution in [3.05, 3.63) is 41.6 Å². The Balaban J connectivity index is 1.98. The van der Waals surface area contributed by atoms with Crippen LogP contribution in [0.15, 0.2) is 33.7 Å². The molecule has 2 rings (SSSR count). The van der Waals surface area contributed by atoms with E-state index < -0.39 is 16.9 Å². The zero-order valence-electron chi connectivity index (χ0n) is 10.8. The van der Waals surface area contributed by atoms with Crippen molar-refractivity contribution in [1.82, 2.24) is 5.16 Å². The Hall–Kier alpha value is -1.89. The molecule has 1 atom stereocenters. The van der Waals surface area contributed by atoms with Gasteiger partial charge in [-0.2, -0.15) is 0 Å². The minimum atomic E-state index is -0.937. The molecular formula is C13H12F2N2O2S. The number of amides is 1. The molecule has 1 unspecified atom stereocenters. The van der Waals surface area contributed by atoms with Crippen LogP contribution in [-0.2, 0) is 4.79 Å². The number of carbonyl (C=O) groups is 1. The predicted molar refractivity (Wildman–Crippen MR) is 71.5 cm³/mol. The second-order valence-corrected chi connectivity index (χ2v) is 5.57. The lowest BCUT2D eigenvalue weighted by atomic mass is 10.3. The largest absolute Gasteiger partial charge is 0.338 e. The summed E-state index contributed by atoms with van der Waals surface area (Å²) in [5.41, 5.74) is 0.654. The predicted octanol–water partition coefficient (Wildman–Crippen LogP) is 3.38. The summed E-state index contributed by atoms with van der Waals surface area (Å²) in [7, 11) is 0. The number of nitrogens with one attached hydrogen (secondary N) is 1. The van der Waals surface area contributed by atoms with Gasteiger partial charge in [0.25, 0.3) is 0 Å². The molecule has 0 saturated heterocycles. The summed E-state index contributed by atoms with van der Waals surface area (Å²) < 4.78 is 30.7. The van der Waals surface area contributed by atoms with Gasteiger partial charge in [-0.1, -0.05) is 5.16 Å². The molecule has 0 aliphatic rings. The third-order valence-corrected chi connectivity index (χ3v) is 3.54. The molecular weight excluding hydrogens is 286 g/mol. The minimum Gasteiger partial charge on any atom is -0.338 e. The number of halogens is 2. The first-order valence-electron chi connectivity index (χ1n) is 5.81. The molecule has 2 aromatic rings. The fourth-order valence-electron chi connectivity index (χ4n) is 1.45. The van der Waals surface area contributed by atoms with Crippen molar-refractivity contribution in [2.45, 2.75) is 24.0 Å². The number of aryl methyl sites for hydroxylation is 1. The monoisotopic (exact) mass is 298 g/mol. The van der Waals surface area contributed by atoms with Crippen molar-refractivity contribution in [2.24, 2.45) is 0 Å². The van der Waals surface area contributed by atoms with Crippen LogP contribution in [0.3, 0.4) is 0 Å². The van der Waals surface area contributed by atoms with Crippen molar-refractivity contribution in [3.8, 4) is 0 Å². The van der Waals surface area contributed by atoms with Gasteiger partial charge in [-0.05, 0) is 32.0 Å². The number of thioether (sulfide) groups is 1. The van der Waals surface area contributed by atoms with Gasteiger partial charge >= 0.3 is 0 Å². The van der Waals surface area contributed by atoms with Gasteiger partial charge in [-0.15, -0.1) is 11.8 Å². The summed E-state index contributed by atoms with van der Waals surface area (Å²) in [6.07, 6.45) is 0. The smallest absolute Gasteiger partial charge is 0.239 e. The first-order chi connectivity index (χ1) is 9.45. The normalized spacial score (nSPS) is 12.2. The molecule has 0 bridgehead atoms. The summed E-state index contributed by atoms with van der Waals surface area (Å²) in [6.45, 7) is 3.39. The standard InChI is InChI=1S/C13H12F2N2O2S/c1-7-5-12(19-17-7)16-13(18)8(2)20-9-3-4-10(14)11(15)6-9/h3-6,8H,1-2H3,(H,16,18). The fraction of sp³-hybridized carbons (Fsp3) is 0.231. The van der Waals surface area contributed by atoms with Crippen molar-refractivity contribution in [2.75, 3.05) is 5.32 Å². The van der Waals surface area contributed by atoms with Gasteiger partial charge < -0.3 is 4.52 Å². The fourth-order valence-corrected chi connectivity index (χ4v) is 2.35. The summed E-state index contributed by atoms with van der Waals surface area (Å²) >= 11 is 1.12. The lowest BCUT2D eigenvalue weighted by molar-refractivity contribution is -0.115. The van der Waals surface area contributed by atoms with Crippen LogP contribution in [0.25, 0.3) is 0 Å². The van der Waals surface area contributed by atoms with Crippen LogP contribution < -0.4 is 5.32 Å². The average molecular weight is 298 g/mol. The van der Waals surface area contributed by atoms with Gasteiger partial charge in [-0.25, -0.2) is 8.78 Å². The molecule has 1 aromatic carbocycles. The molecule has 0 aliphatic heterocycles. The Bertz CT molecular complexity index is 631. The van der Waals surface area contributed by atoms with E-state index in [9.17, 15) is 13.6 Å². The second-order valence-electron chi connectivity index (χ2n) is 4.16. The highest BCUT2D eigenvalue weighted by molar-refractivity contribution is 8.00. The van der Waals surface area contributed by atoms with E-state index >= 15 is 0 Å². The molecule has 0 aliphatic carbocycles. The highest BCUT2D eigenvalue weighted by Gasteiger charge is 2.17. The Kier molecular flexibility index (Phi) is 4.39. The third-order valence-electron chi connectivity index (χ3n) is 2.45. The van der Waals surface area contributed by atoms with Gasteiger partial charge in [0, 0.05) is 11.0 Å². The van der Waals surface area contributed by atoms with Crippen LogP contribution in [0.1, 0.15) is 12.6 Å². The molecule has 1 N–H and O–H groups in total. The van der Waals surface area contributed by atoms with E-state index in [2.05, 4.69) is 10.5 Å². The number of rotatable bonds is 4. The van der Waals surface area contributed by atoms with E-state index in [-0.39, 0.29) is 11.8 Å². The molecule has 7 heteroatoms. The summed E-state index contributed by atoms with van der Waals surface area (Å²) in [6, 6.07) is 5.10. The van der Waals surface area contributed by atoms with Crippen molar-refractivity contribution < 1.29 is 18.1 Å². The Morgan fingerprint density at radius 3 is 2.70 bits per heavy atom. The van der Waals surface area contributed by atoms with Gasteiger partial charge in [0.1, 0.15) is 0 Å². The molecule has 0 saturated carbocycles.